The van der Waals surface area contributed by atoms with Gasteiger partial charge in [0.25, 0.3) is 0 Å². The van der Waals surface area contributed by atoms with Gasteiger partial charge in [-0.2, -0.15) is 0 Å². The van der Waals surface area contributed by atoms with E-state index >= 15 is 0 Å². The van der Waals surface area contributed by atoms with Crippen molar-refractivity contribution >= 4 is 23.1 Å². The fourth-order valence-corrected chi connectivity index (χ4v) is 4.00. The lowest BCUT2D eigenvalue weighted by Gasteiger charge is -2.27. The molecule has 3 aromatic heterocycles. The number of thiophene rings is 1. The van der Waals surface area contributed by atoms with Crippen LogP contribution in [0.15, 0.2) is 47.1 Å². The molecule has 0 amide bonds. The van der Waals surface area contributed by atoms with Crippen molar-refractivity contribution in [2.45, 2.75) is 24.7 Å². The van der Waals surface area contributed by atoms with Crippen molar-refractivity contribution in [1.82, 2.24) is 19.9 Å². The molecule has 3 aromatic rings. The zero-order valence-electron chi connectivity index (χ0n) is 13.5. The zero-order valence-corrected chi connectivity index (χ0v) is 15.1. The van der Waals surface area contributed by atoms with E-state index in [1.165, 1.54) is 16.1 Å². The fraction of sp³-hybridized carbons (Fsp3) is 0.278. The quantitative estimate of drug-likeness (QED) is 0.525. The summed E-state index contributed by atoms with van der Waals surface area (Å²) in [5, 5.41) is 2.96. The molecule has 0 atom stereocenters. The number of hydrogen-bond acceptors (Lipinski definition) is 6. The molecule has 0 bridgehead atoms. The standard InChI is InChI=1S/C18H18N4S2/c1-23-18-19-10-13-11-22(8-7-15(13)21-18)12-14-4-2-5-16(20-14)17-6-3-9-24-17/h2-6,9-10H,7-8,11-12H2,1H3. The first-order valence-electron chi connectivity index (χ1n) is 7.93. The second-order valence-corrected chi connectivity index (χ2v) is 7.50. The Morgan fingerprint density at radius 2 is 2.17 bits per heavy atom. The van der Waals surface area contributed by atoms with E-state index in [9.17, 15) is 0 Å². The molecular weight excluding hydrogens is 336 g/mol. The van der Waals surface area contributed by atoms with Crippen LogP contribution in [0, 0.1) is 0 Å². The van der Waals surface area contributed by atoms with E-state index in [4.69, 9.17) is 4.98 Å². The Balaban J connectivity index is 1.49. The molecule has 0 spiro atoms. The van der Waals surface area contributed by atoms with Gasteiger partial charge in [-0.05, 0) is 29.8 Å². The van der Waals surface area contributed by atoms with Crippen molar-refractivity contribution in [1.29, 1.82) is 0 Å². The summed E-state index contributed by atoms with van der Waals surface area (Å²) in [6.07, 6.45) is 4.98. The van der Waals surface area contributed by atoms with Gasteiger partial charge in [0.1, 0.15) is 0 Å². The fourth-order valence-electron chi connectivity index (χ4n) is 2.95. The molecule has 24 heavy (non-hydrogen) atoms. The van der Waals surface area contributed by atoms with Gasteiger partial charge in [-0.15, -0.1) is 11.3 Å². The Labute approximate surface area is 150 Å². The maximum absolute atomic E-state index is 4.83. The largest absolute Gasteiger partial charge is 0.293 e. The SMILES string of the molecule is CSc1ncc2c(n1)CCN(Cc1cccc(-c3cccs3)n1)C2. The minimum Gasteiger partial charge on any atom is -0.293 e. The highest BCUT2D eigenvalue weighted by Crippen LogP contribution is 2.24. The van der Waals surface area contributed by atoms with Crippen LogP contribution in [-0.4, -0.2) is 32.7 Å². The lowest BCUT2D eigenvalue weighted by molar-refractivity contribution is 0.239. The normalized spacial score (nSPS) is 14.5. The third-order valence-electron chi connectivity index (χ3n) is 4.14. The summed E-state index contributed by atoms with van der Waals surface area (Å²) in [5.74, 6) is 0. The molecule has 122 valence electrons. The molecular formula is C18H18N4S2. The second kappa shape index (κ2) is 7.01. The summed E-state index contributed by atoms with van der Waals surface area (Å²) >= 11 is 3.33. The van der Waals surface area contributed by atoms with Crippen LogP contribution >= 0.6 is 23.1 Å². The Morgan fingerprint density at radius 1 is 1.21 bits per heavy atom. The molecule has 4 rings (SSSR count). The first-order chi connectivity index (χ1) is 11.8. The first kappa shape index (κ1) is 15.7. The molecule has 0 saturated carbocycles. The van der Waals surface area contributed by atoms with Crippen LogP contribution in [0.3, 0.4) is 0 Å². The van der Waals surface area contributed by atoms with Gasteiger partial charge in [-0.1, -0.05) is 23.9 Å². The van der Waals surface area contributed by atoms with Gasteiger partial charge in [0.2, 0.25) is 0 Å². The first-order valence-corrected chi connectivity index (χ1v) is 10.0. The molecule has 0 saturated heterocycles. The number of rotatable bonds is 4. The Bertz CT molecular complexity index is 833. The molecule has 4 heterocycles. The number of nitrogens with zero attached hydrogens (tertiary/aromatic N) is 4. The van der Waals surface area contributed by atoms with Crippen molar-refractivity contribution < 1.29 is 0 Å². The summed E-state index contributed by atoms with van der Waals surface area (Å²) in [5.41, 5.74) is 4.62. The van der Waals surface area contributed by atoms with Crippen LogP contribution in [0.25, 0.3) is 10.6 Å². The van der Waals surface area contributed by atoms with Gasteiger partial charge in [0.05, 0.1) is 22.0 Å². The van der Waals surface area contributed by atoms with E-state index < -0.39 is 0 Å². The van der Waals surface area contributed by atoms with Crippen LogP contribution in [0.1, 0.15) is 17.0 Å². The average molecular weight is 355 g/mol. The van der Waals surface area contributed by atoms with Crippen molar-refractivity contribution in [3.05, 3.63) is 58.9 Å². The maximum atomic E-state index is 4.83. The van der Waals surface area contributed by atoms with Crippen LogP contribution < -0.4 is 0 Å². The van der Waals surface area contributed by atoms with Crippen molar-refractivity contribution in [3.8, 4) is 10.6 Å². The average Bonchev–Trinajstić information content (AvgIpc) is 3.16. The van der Waals surface area contributed by atoms with Crippen LogP contribution in [-0.2, 0) is 19.5 Å². The van der Waals surface area contributed by atoms with Crippen molar-refractivity contribution in [3.63, 3.8) is 0 Å². The van der Waals surface area contributed by atoms with Gasteiger partial charge in [0.15, 0.2) is 5.16 Å². The minimum atomic E-state index is 0.864. The number of aromatic nitrogens is 3. The Hall–Kier alpha value is -1.76. The van der Waals surface area contributed by atoms with Gasteiger partial charge in [-0.25, -0.2) is 9.97 Å². The third kappa shape index (κ3) is 3.36. The summed E-state index contributed by atoms with van der Waals surface area (Å²) < 4.78 is 0. The maximum Gasteiger partial charge on any atom is 0.187 e. The molecule has 4 nitrogen and oxygen atoms in total. The Kier molecular flexibility index (Phi) is 4.60. The van der Waals surface area contributed by atoms with Gasteiger partial charge >= 0.3 is 0 Å². The van der Waals surface area contributed by atoms with Crippen LogP contribution in [0.2, 0.25) is 0 Å². The summed E-state index contributed by atoms with van der Waals surface area (Å²) in [7, 11) is 0. The number of pyridine rings is 1. The van der Waals surface area contributed by atoms with Crippen LogP contribution in [0.5, 0.6) is 0 Å². The number of fused-ring (bicyclic) bond motifs is 1. The predicted octanol–water partition coefficient (Wildman–Crippen LogP) is 3.88. The predicted molar refractivity (Wildman–Crippen MR) is 99.2 cm³/mol. The molecule has 0 aliphatic carbocycles. The van der Waals surface area contributed by atoms with Crippen LogP contribution in [0.4, 0.5) is 0 Å². The van der Waals surface area contributed by atoms with E-state index in [1.807, 2.05) is 12.5 Å². The molecule has 0 aromatic carbocycles. The van der Waals surface area contributed by atoms with E-state index in [2.05, 4.69) is 50.6 Å². The van der Waals surface area contributed by atoms with E-state index in [1.54, 1.807) is 23.1 Å². The summed E-state index contributed by atoms with van der Waals surface area (Å²) in [4.78, 5) is 17.5. The van der Waals surface area contributed by atoms with Gasteiger partial charge in [-0.3, -0.25) is 9.88 Å². The monoisotopic (exact) mass is 354 g/mol. The molecule has 0 radical (unpaired) electrons. The minimum absolute atomic E-state index is 0.864. The topological polar surface area (TPSA) is 41.9 Å². The summed E-state index contributed by atoms with van der Waals surface area (Å²) in [6, 6.07) is 10.5. The molecule has 0 fully saturated rings. The highest BCUT2D eigenvalue weighted by atomic mass is 32.2. The van der Waals surface area contributed by atoms with E-state index in [-0.39, 0.29) is 0 Å². The molecule has 0 N–H and O–H groups in total. The highest BCUT2D eigenvalue weighted by molar-refractivity contribution is 7.98. The van der Waals surface area contributed by atoms with Crippen molar-refractivity contribution in [2.75, 3.05) is 12.8 Å². The molecule has 1 aliphatic rings. The summed E-state index contributed by atoms with van der Waals surface area (Å²) in [6.45, 7) is 2.78. The third-order valence-corrected chi connectivity index (χ3v) is 5.59. The van der Waals surface area contributed by atoms with E-state index in [0.717, 1.165) is 42.6 Å². The van der Waals surface area contributed by atoms with Crippen molar-refractivity contribution in [2.24, 2.45) is 0 Å². The second-order valence-electron chi connectivity index (χ2n) is 5.78. The molecule has 1 aliphatic heterocycles. The number of thioether (sulfide) groups is 1. The lowest BCUT2D eigenvalue weighted by atomic mass is 10.1. The lowest BCUT2D eigenvalue weighted by Crippen LogP contribution is -2.31. The van der Waals surface area contributed by atoms with E-state index in [0.29, 0.717) is 0 Å². The Morgan fingerprint density at radius 3 is 3.00 bits per heavy atom. The molecule has 6 heteroatoms. The number of hydrogen-bond donors (Lipinski definition) is 0. The van der Waals surface area contributed by atoms with Gasteiger partial charge < -0.3 is 0 Å². The highest BCUT2D eigenvalue weighted by Gasteiger charge is 2.19. The van der Waals surface area contributed by atoms with Gasteiger partial charge in [0, 0.05) is 37.8 Å². The zero-order chi connectivity index (χ0) is 16.4. The molecule has 0 unspecified atom stereocenters. The smallest absolute Gasteiger partial charge is 0.187 e.